The maximum Gasteiger partial charge on any atom is 0.436 e. The number of carboxylic acids is 1. The minimum absolute atomic E-state index is 0.0167. The van der Waals surface area contributed by atoms with Crippen LogP contribution in [0.25, 0.3) is 0 Å². The van der Waals surface area contributed by atoms with Crippen LogP contribution in [0.2, 0.25) is 0 Å². The molecule has 0 saturated carbocycles. The van der Waals surface area contributed by atoms with Crippen LogP contribution in [0.4, 0.5) is 17.1 Å². The van der Waals surface area contributed by atoms with Crippen molar-refractivity contribution in [3.63, 3.8) is 0 Å². The predicted octanol–water partition coefficient (Wildman–Crippen LogP) is 5.99. The first-order valence-corrected chi connectivity index (χ1v) is 19.0. The van der Waals surface area contributed by atoms with E-state index in [1.807, 2.05) is 56.9 Å². The van der Waals surface area contributed by atoms with Gasteiger partial charge in [0.25, 0.3) is 0 Å². The quantitative estimate of drug-likeness (QED) is 0.0422. The largest absolute Gasteiger partial charge is 0.481 e. The Bertz CT molecular complexity index is 1900. The molecule has 5 rings (SSSR count). The maximum absolute atomic E-state index is 13.8. The zero-order chi connectivity index (χ0) is 41.2. The molecule has 0 aliphatic carbocycles. The van der Waals surface area contributed by atoms with Gasteiger partial charge in [-0.15, -0.1) is 0 Å². The highest BCUT2D eigenvalue weighted by Gasteiger charge is 2.37. The molecule has 2 aliphatic heterocycles. The smallest absolute Gasteiger partial charge is 0.436 e. The molecule has 300 valence electrons. The fourth-order valence-corrected chi connectivity index (χ4v) is 7.02. The van der Waals surface area contributed by atoms with E-state index >= 15 is 0 Å². The molecule has 0 spiro atoms. The van der Waals surface area contributed by atoms with Crippen LogP contribution in [0.15, 0.2) is 78.0 Å². The summed E-state index contributed by atoms with van der Waals surface area (Å²) in [5, 5.41) is 21.5. The molecule has 0 bridgehead atoms. The summed E-state index contributed by atoms with van der Waals surface area (Å²) in [6.07, 6.45) is 0.480. The molecular weight excluding hydrogens is 730 g/mol. The van der Waals surface area contributed by atoms with Crippen molar-refractivity contribution in [2.24, 2.45) is 5.16 Å². The molecule has 2 aliphatic rings. The summed E-state index contributed by atoms with van der Waals surface area (Å²) in [7, 11) is 0. The predicted molar refractivity (Wildman–Crippen MR) is 212 cm³/mol. The lowest BCUT2D eigenvalue weighted by Gasteiger charge is -2.39. The number of morpholine rings is 2. The number of oxime groups is 1. The number of Topliss-reactive ketones (excluding diaryl/α,β-unsaturated/α-hetero) is 3. The number of carbonyl (C=O) groups excluding carboxylic acids is 4. The van der Waals surface area contributed by atoms with Crippen molar-refractivity contribution < 1.29 is 43.4 Å². The van der Waals surface area contributed by atoms with Crippen LogP contribution in [-0.2, 0) is 23.9 Å². The van der Waals surface area contributed by atoms with E-state index < -0.39 is 28.8 Å². The van der Waals surface area contributed by atoms with E-state index in [0.29, 0.717) is 80.8 Å². The first kappa shape index (κ1) is 42.6. The first-order valence-electron chi connectivity index (χ1n) is 19.0. The molecule has 0 radical (unpaired) electrons. The van der Waals surface area contributed by atoms with E-state index in [0.717, 1.165) is 0 Å². The van der Waals surface area contributed by atoms with Crippen LogP contribution in [0.5, 0.6) is 0 Å². The van der Waals surface area contributed by atoms with Crippen LogP contribution in [0, 0.1) is 11.3 Å². The highest BCUT2D eigenvalue weighted by Crippen LogP contribution is 2.36. The Kier molecular flexibility index (Phi) is 14.2. The second-order valence-electron chi connectivity index (χ2n) is 14.9. The molecule has 3 aromatic carbocycles. The van der Waals surface area contributed by atoms with E-state index in [-0.39, 0.29) is 48.5 Å². The minimum Gasteiger partial charge on any atom is -0.481 e. The molecule has 0 unspecified atom stereocenters. The monoisotopic (exact) mass is 779 g/mol. The lowest BCUT2D eigenvalue weighted by molar-refractivity contribution is -0.137. The summed E-state index contributed by atoms with van der Waals surface area (Å²) < 4.78 is 11.0. The summed E-state index contributed by atoms with van der Waals surface area (Å²) in [4.78, 5) is 74.5. The average Bonchev–Trinajstić information content (AvgIpc) is 3.23. The van der Waals surface area contributed by atoms with Crippen LogP contribution < -0.4 is 4.90 Å². The summed E-state index contributed by atoms with van der Waals surface area (Å²) in [6, 6.07) is 22.5. The van der Waals surface area contributed by atoms with E-state index in [4.69, 9.17) is 19.8 Å². The third-order valence-electron chi connectivity index (χ3n) is 10.5. The van der Waals surface area contributed by atoms with Crippen LogP contribution in [-0.4, -0.2) is 114 Å². The number of hydrogen-bond acceptors (Lipinski definition) is 13. The van der Waals surface area contributed by atoms with E-state index in [1.165, 1.54) is 6.07 Å². The molecule has 2 fully saturated rings. The molecule has 3 aromatic rings. The molecular formula is C43H49N5O9. The number of aliphatic carboxylic acids is 1. The SMILES string of the molecule is CC(C)(C(=O)c1ccc(N(c2ccc(C(=O)/C(CCCCC(=O)O)=N/OC(=O)C#N)cc2)c2ccc(C(=O)C(C)(C)N3CCOCC3)cc2)cc1)N1CCOCC1. The fraction of sp³-hybridized carbons (Fsp3) is 0.419. The van der Waals surface area contributed by atoms with Crippen LogP contribution in [0.3, 0.4) is 0 Å². The Balaban J connectivity index is 1.46. The summed E-state index contributed by atoms with van der Waals surface area (Å²) >= 11 is 0. The van der Waals surface area contributed by atoms with Gasteiger partial charge in [0.15, 0.2) is 17.6 Å². The van der Waals surface area contributed by atoms with Gasteiger partial charge in [-0.05, 0) is 120 Å². The van der Waals surface area contributed by atoms with Gasteiger partial charge >= 0.3 is 11.9 Å². The number of rotatable bonds is 17. The standard InChI is InChI=1S/C43H49N5O9/c1-42(2,46-21-25-55-26-22-46)40(53)31-11-17-34(18-12-31)48(35-19-13-32(14-20-35)41(54)43(3,4)47-23-27-56-28-24-47)33-15-9-30(10-16-33)39(52)36(45-57-38(51)29-44)7-5-6-8-37(49)50/h9-20H,5-8,21-28H2,1-4H3,(H,49,50)/b45-36+. The van der Waals surface area contributed by atoms with E-state index in [2.05, 4.69) is 19.8 Å². The van der Waals surface area contributed by atoms with Crippen LogP contribution >= 0.6 is 0 Å². The zero-order valence-electron chi connectivity index (χ0n) is 32.9. The number of nitrogens with zero attached hydrogens (tertiary/aromatic N) is 5. The first-order chi connectivity index (χ1) is 27.2. The average molecular weight is 780 g/mol. The second kappa shape index (κ2) is 19.0. The molecule has 0 aromatic heterocycles. The third kappa shape index (κ3) is 10.4. The molecule has 57 heavy (non-hydrogen) atoms. The number of anilines is 3. The molecule has 2 saturated heterocycles. The van der Waals surface area contributed by atoms with Gasteiger partial charge in [0.1, 0.15) is 5.71 Å². The number of ether oxygens (including phenoxy) is 2. The van der Waals surface area contributed by atoms with Crippen molar-refractivity contribution in [2.45, 2.75) is 64.5 Å². The summed E-state index contributed by atoms with van der Waals surface area (Å²) in [5.74, 6) is -2.85. The van der Waals surface area contributed by atoms with Crippen molar-refractivity contribution >= 4 is 52.1 Å². The molecule has 14 nitrogen and oxygen atoms in total. The number of ketones is 3. The number of hydrogen-bond donors (Lipinski definition) is 1. The number of benzene rings is 3. The van der Waals surface area contributed by atoms with Gasteiger partial charge in [0.2, 0.25) is 5.78 Å². The lowest BCUT2D eigenvalue weighted by atomic mass is 9.90. The fourth-order valence-electron chi connectivity index (χ4n) is 7.02. The van der Waals surface area contributed by atoms with Gasteiger partial charge in [0.05, 0.1) is 37.5 Å². The van der Waals surface area contributed by atoms with E-state index in [9.17, 15) is 24.0 Å². The van der Waals surface area contributed by atoms with Gasteiger partial charge in [-0.25, -0.2) is 4.79 Å². The number of nitriles is 1. The van der Waals surface area contributed by atoms with Crippen molar-refractivity contribution in [3.8, 4) is 6.07 Å². The molecule has 0 atom stereocenters. The van der Waals surface area contributed by atoms with Gasteiger partial charge in [-0.3, -0.25) is 29.0 Å². The number of carbonyl (C=O) groups is 5. The molecule has 0 amide bonds. The lowest BCUT2D eigenvalue weighted by Crippen LogP contribution is -2.54. The van der Waals surface area contributed by atoms with Crippen molar-refractivity contribution in [1.29, 1.82) is 5.26 Å². The minimum atomic E-state index is -1.29. The highest BCUT2D eigenvalue weighted by atomic mass is 16.7. The van der Waals surface area contributed by atoms with Crippen molar-refractivity contribution in [3.05, 3.63) is 89.5 Å². The molecule has 2 heterocycles. The summed E-state index contributed by atoms with van der Waals surface area (Å²) in [6.45, 7) is 12.6. The Hall–Kier alpha value is -5.59. The van der Waals surface area contributed by atoms with Crippen molar-refractivity contribution in [2.75, 3.05) is 57.5 Å². The van der Waals surface area contributed by atoms with Gasteiger partial charge in [-0.2, -0.15) is 5.26 Å². The molecule has 1 N–H and O–H groups in total. The number of unbranched alkanes of at least 4 members (excludes halogenated alkanes) is 1. The van der Waals surface area contributed by atoms with E-state index in [1.54, 1.807) is 48.5 Å². The maximum atomic E-state index is 13.8. The van der Waals surface area contributed by atoms with Crippen LogP contribution in [0.1, 0.15) is 84.5 Å². The molecule has 14 heteroatoms. The number of carboxylic acid groups (broad SMARTS) is 1. The Labute approximate surface area is 332 Å². The normalized spacial score (nSPS) is 15.7. The topological polar surface area (TPSA) is 179 Å². The summed E-state index contributed by atoms with van der Waals surface area (Å²) in [5.41, 5.74) is 1.80. The highest BCUT2D eigenvalue weighted by molar-refractivity contribution is 6.46. The Morgan fingerprint density at radius 1 is 0.684 bits per heavy atom. The van der Waals surface area contributed by atoms with Crippen molar-refractivity contribution in [1.82, 2.24) is 9.80 Å². The van der Waals surface area contributed by atoms with Gasteiger partial charge < -0.3 is 24.3 Å². The zero-order valence-corrected chi connectivity index (χ0v) is 32.9. The Morgan fingerprint density at radius 2 is 1.07 bits per heavy atom. The van der Waals surface area contributed by atoms with Gasteiger partial charge in [0, 0.05) is 66.4 Å². The second-order valence-corrected chi connectivity index (χ2v) is 14.9. The Morgan fingerprint density at radius 3 is 1.46 bits per heavy atom. The third-order valence-corrected chi connectivity index (χ3v) is 10.5. The van der Waals surface area contributed by atoms with Gasteiger partial charge in [-0.1, -0.05) is 5.16 Å².